The first kappa shape index (κ1) is 14.6. The van der Waals surface area contributed by atoms with Gasteiger partial charge < -0.3 is 24.6 Å². The number of fused-ring (bicyclic) bond motifs is 2. The van der Waals surface area contributed by atoms with E-state index in [0.717, 1.165) is 11.3 Å². The van der Waals surface area contributed by atoms with Crippen molar-refractivity contribution in [2.45, 2.75) is 44.3 Å². The number of hydrogen-bond acceptors (Lipinski definition) is 5. The van der Waals surface area contributed by atoms with Crippen molar-refractivity contribution in [1.29, 1.82) is 0 Å². The third-order valence-corrected chi connectivity index (χ3v) is 4.81. The first-order chi connectivity index (χ1) is 9.85. The van der Waals surface area contributed by atoms with Gasteiger partial charge in [0.15, 0.2) is 0 Å². The highest BCUT2D eigenvalue weighted by atomic mass is 16.5. The van der Waals surface area contributed by atoms with Crippen LogP contribution in [0.5, 0.6) is 5.75 Å². The van der Waals surface area contributed by atoms with Crippen LogP contribution in [0.1, 0.15) is 31.9 Å². The molecule has 116 valence electrons. The number of aliphatic hydroxyl groups is 1. The lowest BCUT2D eigenvalue weighted by Crippen LogP contribution is -2.59. The molecule has 21 heavy (non-hydrogen) atoms. The Morgan fingerprint density at radius 2 is 2.10 bits per heavy atom. The van der Waals surface area contributed by atoms with Gasteiger partial charge in [0.2, 0.25) is 0 Å². The summed E-state index contributed by atoms with van der Waals surface area (Å²) in [4.78, 5) is 2.07. The number of ether oxygens (including phenoxy) is 2. The summed E-state index contributed by atoms with van der Waals surface area (Å²) in [6, 6.07) is 5.29. The van der Waals surface area contributed by atoms with Crippen molar-refractivity contribution in [1.82, 2.24) is 0 Å². The molecule has 5 heteroatoms. The van der Waals surface area contributed by atoms with Gasteiger partial charge in [0.25, 0.3) is 0 Å². The van der Waals surface area contributed by atoms with Crippen LogP contribution in [-0.4, -0.2) is 42.3 Å². The molecule has 4 atom stereocenters. The Balaban J connectivity index is 2.06. The van der Waals surface area contributed by atoms with Crippen LogP contribution in [0.2, 0.25) is 0 Å². The van der Waals surface area contributed by atoms with Crippen molar-refractivity contribution in [3.8, 4) is 5.75 Å². The van der Waals surface area contributed by atoms with Crippen LogP contribution in [0, 0.1) is 5.92 Å². The van der Waals surface area contributed by atoms with Crippen LogP contribution in [0.15, 0.2) is 18.2 Å². The number of anilines is 1. The molecule has 1 aromatic carbocycles. The fraction of sp³-hybridized carbons (Fsp3) is 0.625. The zero-order chi connectivity index (χ0) is 15.4. The van der Waals surface area contributed by atoms with E-state index >= 15 is 0 Å². The largest absolute Gasteiger partial charge is 0.508 e. The molecule has 5 nitrogen and oxygen atoms in total. The van der Waals surface area contributed by atoms with Crippen LogP contribution >= 0.6 is 0 Å². The topological polar surface area (TPSA) is 62.2 Å². The predicted molar refractivity (Wildman–Crippen MR) is 79.3 cm³/mol. The molecule has 1 aromatic rings. The SMILES string of the molecule is COC1c2cc(O)ccc2N(C)C2OC(C)(C)C(O)CC12. The number of rotatable bonds is 1. The van der Waals surface area contributed by atoms with Crippen LogP contribution < -0.4 is 4.90 Å². The number of nitrogens with zero attached hydrogens (tertiary/aromatic N) is 1. The second-order valence-corrected chi connectivity index (χ2v) is 6.54. The maximum Gasteiger partial charge on any atom is 0.136 e. The van der Waals surface area contributed by atoms with Crippen LogP contribution in [-0.2, 0) is 9.47 Å². The molecule has 0 aromatic heterocycles. The molecule has 0 amide bonds. The summed E-state index contributed by atoms with van der Waals surface area (Å²) in [5.41, 5.74) is 1.35. The molecule has 2 N–H and O–H groups in total. The lowest BCUT2D eigenvalue weighted by molar-refractivity contribution is -0.214. The Morgan fingerprint density at radius 1 is 1.38 bits per heavy atom. The monoisotopic (exact) mass is 293 g/mol. The molecule has 0 radical (unpaired) electrons. The van der Waals surface area contributed by atoms with Gasteiger partial charge in [-0.1, -0.05) is 0 Å². The minimum Gasteiger partial charge on any atom is -0.508 e. The van der Waals surface area contributed by atoms with Gasteiger partial charge in [-0.2, -0.15) is 0 Å². The molecule has 4 unspecified atom stereocenters. The fourth-order valence-electron chi connectivity index (χ4n) is 3.54. The molecule has 0 spiro atoms. The van der Waals surface area contributed by atoms with Crippen molar-refractivity contribution >= 4 is 5.69 Å². The molecular formula is C16H23NO4. The molecule has 0 bridgehead atoms. The van der Waals surface area contributed by atoms with E-state index in [-0.39, 0.29) is 24.0 Å². The normalized spacial score (nSPS) is 34.2. The summed E-state index contributed by atoms with van der Waals surface area (Å²) in [5.74, 6) is 0.248. The minimum absolute atomic E-state index is 0.0253. The molecule has 3 rings (SSSR count). The van der Waals surface area contributed by atoms with E-state index < -0.39 is 11.7 Å². The van der Waals surface area contributed by atoms with Crippen LogP contribution in [0.3, 0.4) is 0 Å². The summed E-state index contributed by atoms with van der Waals surface area (Å²) in [5, 5.41) is 20.1. The Morgan fingerprint density at radius 3 is 2.76 bits per heavy atom. The maximum atomic E-state index is 10.3. The van der Waals surface area contributed by atoms with Crippen molar-refractivity contribution in [2.24, 2.45) is 5.92 Å². The second kappa shape index (κ2) is 4.87. The Bertz CT molecular complexity index is 545. The number of methoxy groups -OCH3 is 1. The second-order valence-electron chi connectivity index (χ2n) is 6.54. The van der Waals surface area contributed by atoms with Crippen molar-refractivity contribution in [3.05, 3.63) is 23.8 Å². The van der Waals surface area contributed by atoms with Crippen molar-refractivity contribution < 1.29 is 19.7 Å². The number of phenolic OH excluding ortho intramolecular Hbond substituents is 1. The van der Waals surface area contributed by atoms with Gasteiger partial charge in [0.1, 0.15) is 12.0 Å². The van der Waals surface area contributed by atoms with Gasteiger partial charge in [0.05, 0.1) is 17.8 Å². The number of aromatic hydroxyl groups is 1. The van der Waals surface area contributed by atoms with E-state index in [9.17, 15) is 10.2 Å². The Kier molecular flexibility index (Phi) is 3.39. The zero-order valence-electron chi connectivity index (χ0n) is 12.9. The first-order valence-electron chi connectivity index (χ1n) is 7.29. The van der Waals surface area contributed by atoms with Gasteiger partial charge in [-0.15, -0.1) is 0 Å². The van der Waals surface area contributed by atoms with Gasteiger partial charge in [-0.25, -0.2) is 0 Å². The lowest BCUT2D eigenvalue weighted by Gasteiger charge is -2.53. The van der Waals surface area contributed by atoms with Gasteiger partial charge >= 0.3 is 0 Å². The van der Waals surface area contributed by atoms with Gasteiger partial charge in [-0.3, -0.25) is 0 Å². The third-order valence-electron chi connectivity index (χ3n) is 4.81. The maximum absolute atomic E-state index is 10.3. The van der Waals surface area contributed by atoms with Crippen LogP contribution in [0.25, 0.3) is 0 Å². The smallest absolute Gasteiger partial charge is 0.136 e. The summed E-state index contributed by atoms with van der Waals surface area (Å²) in [6.45, 7) is 3.83. The summed E-state index contributed by atoms with van der Waals surface area (Å²) in [7, 11) is 3.64. The molecule has 0 saturated carbocycles. The first-order valence-corrected chi connectivity index (χ1v) is 7.29. The Hall–Kier alpha value is -1.30. The molecule has 0 aliphatic carbocycles. The van der Waals surface area contributed by atoms with E-state index in [0.29, 0.717) is 6.42 Å². The van der Waals surface area contributed by atoms with E-state index in [2.05, 4.69) is 4.90 Å². The van der Waals surface area contributed by atoms with E-state index in [4.69, 9.17) is 9.47 Å². The van der Waals surface area contributed by atoms with Crippen molar-refractivity contribution in [2.75, 3.05) is 19.1 Å². The Labute approximate surface area is 125 Å². The molecule has 2 aliphatic rings. The minimum atomic E-state index is -0.581. The molecular weight excluding hydrogens is 270 g/mol. The van der Waals surface area contributed by atoms with E-state index in [1.807, 2.05) is 27.0 Å². The van der Waals surface area contributed by atoms with E-state index in [1.165, 1.54) is 0 Å². The zero-order valence-corrected chi connectivity index (χ0v) is 12.9. The number of benzene rings is 1. The number of phenols is 1. The lowest BCUT2D eigenvalue weighted by atomic mass is 9.78. The highest BCUT2D eigenvalue weighted by Gasteiger charge is 2.50. The summed E-state index contributed by atoms with van der Waals surface area (Å²) in [6.07, 6.45) is -0.275. The number of hydrogen-bond donors (Lipinski definition) is 2. The predicted octanol–water partition coefficient (Wildman–Crippen LogP) is 2.03. The molecule has 2 aliphatic heterocycles. The summed E-state index contributed by atoms with van der Waals surface area (Å²) >= 11 is 0. The number of aliphatic hydroxyl groups excluding tert-OH is 1. The van der Waals surface area contributed by atoms with Gasteiger partial charge in [-0.05, 0) is 38.5 Å². The highest BCUT2D eigenvalue weighted by Crippen LogP contribution is 2.49. The molecule has 1 saturated heterocycles. The summed E-state index contributed by atoms with van der Waals surface area (Å²) < 4.78 is 11.8. The van der Waals surface area contributed by atoms with Crippen molar-refractivity contribution in [3.63, 3.8) is 0 Å². The standard InChI is InChI=1S/C16H23NO4/c1-16(2)13(19)8-11-14(20-4)10-7-9(18)5-6-12(10)17(3)15(11)21-16/h5-7,11,13-15,18-19H,8H2,1-4H3. The van der Waals surface area contributed by atoms with Crippen LogP contribution in [0.4, 0.5) is 5.69 Å². The quantitative estimate of drug-likeness (QED) is 0.829. The third kappa shape index (κ3) is 2.20. The van der Waals surface area contributed by atoms with E-state index in [1.54, 1.807) is 19.2 Å². The highest BCUT2D eigenvalue weighted by molar-refractivity contribution is 5.59. The average molecular weight is 293 g/mol. The fourth-order valence-corrected chi connectivity index (χ4v) is 3.54. The molecule has 1 fully saturated rings. The van der Waals surface area contributed by atoms with Gasteiger partial charge in [0, 0.05) is 31.3 Å². The molecule has 2 heterocycles. The average Bonchev–Trinajstić information content (AvgIpc) is 2.42.